The van der Waals surface area contributed by atoms with Gasteiger partial charge in [-0.1, -0.05) is 18.9 Å². The van der Waals surface area contributed by atoms with E-state index in [4.69, 9.17) is 9.47 Å². The molecular weight excluding hydrogens is 300 g/mol. The van der Waals surface area contributed by atoms with Crippen LogP contribution in [-0.4, -0.2) is 55.7 Å². The van der Waals surface area contributed by atoms with Crippen LogP contribution in [0.25, 0.3) is 0 Å². The van der Waals surface area contributed by atoms with Crippen LogP contribution in [0.5, 0.6) is 5.75 Å². The van der Waals surface area contributed by atoms with Crippen LogP contribution in [0, 0.1) is 0 Å². The Hall–Kier alpha value is -1.10. The van der Waals surface area contributed by atoms with E-state index in [0.29, 0.717) is 6.61 Å². The van der Waals surface area contributed by atoms with Crippen molar-refractivity contribution >= 4 is 0 Å². The quantitative estimate of drug-likeness (QED) is 0.765. The predicted molar refractivity (Wildman–Crippen MR) is 97.4 cm³/mol. The Morgan fingerprint density at radius 2 is 1.83 bits per heavy atom. The van der Waals surface area contributed by atoms with Crippen LogP contribution < -0.4 is 4.74 Å². The Balaban J connectivity index is 1.54. The summed E-state index contributed by atoms with van der Waals surface area (Å²) in [6.07, 6.45) is 5.69. The first-order valence-corrected chi connectivity index (χ1v) is 9.50. The predicted octanol–water partition coefficient (Wildman–Crippen LogP) is 3.29. The fourth-order valence-electron chi connectivity index (χ4n) is 4.07. The van der Waals surface area contributed by atoms with E-state index in [9.17, 15) is 0 Å². The number of methoxy groups -OCH3 is 1. The van der Waals surface area contributed by atoms with Gasteiger partial charge in [0.25, 0.3) is 0 Å². The molecule has 1 aliphatic heterocycles. The zero-order chi connectivity index (χ0) is 16.8. The first-order chi connectivity index (χ1) is 11.8. The van der Waals surface area contributed by atoms with Gasteiger partial charge in [0, 0.05) is 50.9 Å². The minimum Gasteiger partial charge on any atom is -0.496 e. The lowest BCUT2D eigenvalue weighted by Gasteiger charge is -2.38. The van der Waals surface area contributed by atoms with Crippen molar-refractivity contribution in [3.05, 3.63) is 29.3 Å². The zero-order valence-electron chi connectivity index (χ0n) is 15.3. The molecule has 0 atom stereocenters. The number of ether oxygens (including phenoxy) is 2. The molecule has 0 N–H and O–H groups in total. The highest BCUT2D eigenvalue weighted by Gasteiger charge is 2.26. The summed E-state index contributed by atoms with van der Waals surface area (Å²) in [6.45, 7) is 9.24. The second kappa shape index (κ2) is 8.84. The molecule has 0 aromatic heterocycles. The van der Waals surface area contributed by atoms with Crippen LogP contribution in [0.3, 0.4) is 0 Å². The second-order valence-corrected chi connectivity index (χ2v) is 7.03. The van der Waals surface area contributed by atoms with Gasteiger partial charge >= 0.3 is 0 Å². The Morgan fingerprint density at radius 3 is 2.50 bits per heavy atom. The highest BCUT2D eigenvalue weighted by atomic mass is 16.5. The highest BCUT2D eigenvalue weighted by Crippen LogP contribution is 2.25. The van der Waals surface area contributed by atoms with Crippen molar-refractivity contribution < 1.29 is 9.47 Å². The van der Waals surface area contributed by atoms with E-state index in [1.807, 2.05) is 6.92 Å². The van der Waals surface area contributed by atoms with E-state index in [1.165, 1.54) is 57.4 Å². The summed E-state index contributed by atoms with van der Waals surface area (Å²) in [4.78, 5) is 5.30. The molecule has 0 unspecified atom stereocenters. The summed E-state index contributed by atoms with van der Waals surface area (Å²) in [5, 5.41) is 0. The molecular formula is C20H32N2O2. The molecule has 0 bridgehead atoms. The molecule has 3 rings (SSSR count). The van der Waals surface area contributed by atoms with Crippen molar-refractivity contribution in [2.24, 2.45) is 0 Å². The van der Waals surface area contributed by atoms with Gasteiger partial charge in [0.1, 0.15) is 5.75 Å². The molecule has 4 nitrogen and oxygen atoms in total. The van der Waals surface area contributed by atoms with E-state index in [-0.39, 0.29) is 0 Å². The first-order valence-electron chi connectivity index (χ1n) is 9.50. The van der Waals surface area contributed by atoms with Gasteiger partial charge in [-0.2, -0.15) is 0 Å². The van der Waals surface area contributed by atoms with Crippen molar-refractivity contribution in [3.8, 4) is 5.75 Å². The summed E-state index contributed by atoms with van der Waals surface area (Å²) in [5.74, 6) is 0.929. The van der Waals surface area contributed by atoms with Gasteiger partial charge in [0.05, 0.1) is 13.7 Å². The molecule has 2 fully saturated rings. The van der Waals surface area contributed by atoms with E-state index in [0.717, 1.165) is 30.5 Å². The van der Waals surface area contributed by atoms with Crippen LogP contribution in [0.4, 0.5) is 0 Å². The average Bonchev–Trinajstić information content (AvgIpc) is 3.15. The average molecular weight is 332 g/mol. The van der Waals surface area contributed by atoms with Gasteiger partial charge in [0.2, 0.25) is 0 Å². The van der Waals surface area contributed by atoms with E-state index < -0.39 is 0 Å². The van der Waals surface area contributed by atoms with Crippen molar-refractivity contribution in [2.75, 3.05) is 39.9 Å². The van der Waals surface area contributed by atoms with Crippen LogP contribution in [0.15, 0.2) is 18.2 Å². The van der Waals surface area contributed by atoms with Crippen molar-refractivity contribution in [3.63, 3.8) is 0 Å². The van der Waals surface area contributed by atoms with Gasteiger partial charge in [0.15, 0.2) is 0 Å². The monoisotopic (exact) mass is 332 g/mol. The molecule has 1 heterocycles. The molecule has 134 valence electrons. The van der Waals surface area contributed by atoms with Gasteiger partial charge < -0.3 is 9.47 Å². The minimum absolute atomic E-state index is 0.628. The molecule has 4 heteroatoms. The van der Waals surface area contributed by atoms with E-state index in [2.05, 4.69) is 28.0 Å². The molecule has 1 aromatic carbocycles. The van der Waals surface area contributed by atoms with Gasteiger partial charge in [-0.25, -0.2) is 0 Å². The lowest BCUT2D eigenvalue weighted by molar-refractivity contribution is 0.0935. The van der Waals surface area contributed by atoms with Crippen molar-refractivity contribution in [1.29, 1.82) is 0 Å². The molecule has 24 heavy (non-hydrogen) atoms. The number of piperazine rings is 1. The Bertz CT molecular complexity index is 506. The fraction of sp³-hybridized carbons (Fsp3) is 0.700. The summed E-state index contributed by atoms with van der Waals surface area (Å²) in [6, 6.07) is 7.39. The maximum absolute atomic E-state index is 5.58. The summed E-state index contributed by atoms with van der Waals surface area (Å²) in [5.41, 5.74) is 2.52. The number of benzene rings is 1. The minimum atomic E-state index is 0.628. The zero-order valence-corrected chi connectivity index (χ0v) is 15.3. The molecule has 1 saturated heterocycles. The summed E-state index contributed by atoms with van der Waals surface area (Å²) >= 11 is 0. The Labute approximate surface area is 146 Å². The topological polar surface area (TPSA) is 24.9 Å². The first kappa shape index (κ1) is 17.7. The SMILES string of the molecule is CCOCc1cc(CN2CCN(C3CCCC3)CC2)ccc1OC. The fourth-order valence-corrected chi connectivity index (χ4v) is 4.07. The molecule has 1 saturated carbocycles. The molecule has 2 aliphatic rings. The van der Waals surface area contributed by atoms with Gasteiger partial charge in [-0.3, -0.25) is 9.80 Å². The molecule has 0 radical (unpaired) electrons. The standard InChI is InChI=1S/C20H32N2O2/c1-3-24-16-18-14-17(8-9-20(18)23-2)15-21-10-12-22(13-11-21)19-6-4-5-7-19/h8-9,14,19H,3-7,10-13,15-16H2,1-2H3. The Morgan fingerprint density at radius 1 is 1.08 bits per heavy atom. The lowest BCUT2D eigenvalue weighted by Crippen LogP contribution is -2.49. The van der Waals surface area contributed by atoms with Crippen molar-refractivity contribution in [2.45, 2.75) is 51.8 Å². The third kappa shape index (κ3) is 4.50. The largest absolute Gasteiger partial charge is 0.496 e. The third-order valence-electron chi connectivity index (χ3n) is 5.46. The smallest absolute Gasteiger partial charge is 0.124 e. The van der Waals surface area contributed by atoms with Crippen LogP contribution in [0.2, 0.25) is 0 Å². The van der Waals surface area contributed by atoms with Crippen molar-refractivity contribution in [1.82, 2.24) is 9.80 Å². The third-order valence-corrected chi connectivity index (χ3v) is 5.46. The summed E-state index contributed by atoms with van der Waals surface area (Å²) < 4.78 is 11.0. The molecule has 1 aliphatic carbocycles. The normalized spacial score (nSPS) is 20.6. The maximum atomic E-state index is 5.58. The molecule has 1 aromatic rings. The maximum Gasteiger partial charge on any atom is 0.124 e. The second-order valence-electron chi connectivity index (χ2n) is 7.03. The van der Waals surface area contributed by atoms with Crippen LogP contribution in [0.1, 0.15) is 43.7 Å². The number of rotatable bonds is 7. The lowest BCUT2D eigenvalue weighted by atomic mass is 10.1. The number of nitrogens with zero attached hydrogens (tertiary/aromatic N) is 2. The number of hydrogen-bond donors (Lipinski definition) is 0. The molecule has 0 amide bonds. The van der Waals surface area contributed by atoms with Gasteiger partial charge in [-0.15, -0.1) is 0 Å². The van der Waals surface area contributed by atoms with Gasteiger partial charge in [-0.05, 0) is 37.5 Å². The highest BCUT2D eigenvalue weighted by molar-refractivity contribution is 5.37. The van der Waals surface area contributed by atoms with E-state index in [1.54, 1.807) is 7.11 Å². The van der Waals surface area contributed by atoms with Crippen LogP contribution in [-0.2, 0) is 17.9 Å². The number of hydrogen-bond acceptors (Lipinski definition) is 4. The Kier molecular flexibility index (Phi) is 6.52. The summed E-state index contributed by atoms with van der Waals surface area (Å²) in [7, 11) is 1.73. The van der Waals surface area contributed by atoms with Crippen LogP contribution >= 0.6 is 0 Å². The molecule has 0 spiro atoms. The van der Waals surface area contributed by atoms with E-state index >= 15 is 0 Å².